The molecule has 0 atom stereocenters. The van der Waals surface area contributed by atoms with Crippen molar-refractivity contribution in [3.8, 4) is 5.75 Å². The number of hydrogen-bond donors (Lipinski definition) is 3. The maximum Gasteiger partial charge on any atom is 0.707 e. The molecule has 0 aliphatic rings. The SMILES string of the molecule is OCc1cc(OB(O)O)ccc1F. The summed E-state index contributed by atoms with van der Waals surface area (Å²) >= 11 is 0. The van der Waals surface area contributed by atoms with Gasteiger partial charge in [-0.15, -0.1) is 0 Å². The summed E-state index contributed by atoms with van der Waals surface area (Å²) in [5.74, 6) is -0.484. The first kappa shape index (κ1) is 9.98. The van der Waals surface area contributed by atoms with Gasteiger partial charge in [-0.25, -0.2) is 4.39 Å². The van der Waals surface area contributed by atoms with Gasteiger partial charge in [-0.05, 0) is 18.2 Å². The summed E-state index contributed by atoms with van der Waals surface area (Å²) in [5, 5.41) is 25.5. The van der Waals surface area contributed by atoms with Crippen LogP contribution in [0.4, 0.5) is 4.39 Å². The molecule has 1 rings (SSSR count). The van der Waals surface area contributed by atoms with Crippen molar-refractivity contribution in [2.45, 2.75) is 6.61 Å². The van der Waals surface area contributed by atoms with E-state index >= 15 is 0 Å². The van der Waals surface area contributed by atoms with Crippen LogP contribution in [0.3, 0.4) is 0 Å². The van der Waals surface area contributed by atoms with E-state index in [1.165, 1.54) is 12.1 Å². The van der Waals surface area contributed by atoms with E-state index < -0.39 is 19.7 Å². The second-order valence-electron chi connectivity index (χ2n) is 2.36. The third-order valence-corrected chi connectivity index (χ3v) is 1.43. The van der Waals surface area contributed by atoms with E-state index in [-0.39, 0.29) is 11.3 Å². The highest BCUT2D eigenvalue weighted by molar-refractivity contribution is 6.33. The molecule has 13 heavy (non-hydrogen) atoms. The minimum atomic E-state index is -1.95. The van der Waals surface area contributed by atoms with Crippen LogP contribution in [0, 0.1) is 5.82 Å². The smallest absolute Gasteiger partial charge is 0.512 e. The molecular weight excluding hydrogens is 178 g/mol. The van der Waals surface area contributed by atoms with Gasteiger partial charge in [0.05, 0.1) is 6.61 Å². The summed E-state index contributed by atoms with van der Waals surface area (Å²) in [6.45, 7) is -0.468. The standard InChI is InChI=1S/C7H8BFO4/c9-7-2-1-6(13-8(11)12)3-5(7)4-10/h1-3,10-12H,4H2. The van der Waals surface area contributed by atoms with Gasteiger partial charge in [0, 0.05) is 5.56 Å². The normalized spacial score (nSPS) is 9.85. The molecule has 0 radical (unpaired) electrons. The second kappa shape index (κ2) is 4.22. The number of halogens is 1. The van der Waals surface area contributed by atoms with Crippen LogP contribution in [-0.4, -0.2) is 22.5 Å². The van der Waals surface area contributed by atoms with Crippen molar-refractivity contribution < 1.29 is 24.2 Å². The van der Waals surface area contributed by atoms with Gasteiger partial charge in [0.2, 0.25) is 0 Å². The quantitative estimate of drug-likeness (QED) is 0.565. The third kappa shape index (κ3) is 2.69. The molecule has 1 aromatic carbocycles. The third-order valence-electron chi connectivity index (χ3n) is 1.43. The average Bonchev–Trinajstić information content (AvgIpc) is 2.07. The van der Waals surface area contributed by atoms with E-state index in [0.29, 0.717) is 0 Å². The van der Waals surface area contributed by atoms with Gasteiger partial charge in [-0.3, -0.25) is 0 Å². The van der Waals surface area contributed by atoms with E-state index in [1.807, 2.05) is 0 Å². The van der Waals surface area contributed by atoms with Crippen molar-refractivity contribution in [3.05, 3.63) is 29.6 Å². The number of aliphatic hydroxyl groups is 1. The van der Waals surface area contributed by atoms with E-state index in [2.05, 4.69) is 4.65 Å². The van der Waals surface area contributed by atoms with Crippen LogP contribution < -0.4 is 4.65 Å². The summed E-state index contributed by atoms with van der Waals surface area (Å²) in [6.07, 6.45) is 0. The zero-order valence-electron chi connectivity index (χ0n) is 6.64. The monoisotopic (exact) mass is 186 g/mol. The first-order chi connectivity index (χ1) is 6.13. The lowest BCUT2D eigenvalue weighted by Crippen LogP contribution is -2.20. The molecule has 0 saturated carbocycles. The first-order valence-corrected chi connectivity index (χ1v) is 3.55. The van der Waals surface area contributed by atoms with Crippen molar-refractivity contribution in [2.75, 3.05) is 0 Å². The fraction of sp³-hybridized carbons (Fsp3) is 0.143. The highest BCUT2D eigenvalue weighted by Crippen LogP contribution is 2.16. The van der Waals surface area contributed by atoms with Gasteiger partial charge in [0.15, 0.2) is 0 Å². The largest absolute Gasteiger partial charge is 0.707 e. The molecule has 0 spiro atoms. The van der Waals surface area contributed by atoms with Crippen LogP contribution in [0.25, 0.3) is 0 Å². The van der Waals surface area contributed by atoms with Crippen LogP contribution >= 0.6 is 0 Å². The van der Waals surface area contributed by atoms with Crippen LogP contribution in [0.2, 0.25) is 0 Å². The Hall–Kier alpha value is -1.11. The Balaban J connectivity index is 2.86. The first-order valence-electron chi connectivity index (χ1n) is 3.55. The minimum Gasteiger partial charge on any atom is -0.512 e. The molecule has 0 aliphatic heterocycles. The minimum absolute atomic E-state index is 0.0400. The molecule has 0 bridgehead atoms. The predicted molar refractivity (Wildman–Crippen MR) is 43.1 cm³/mol. The molecule has 4 nitrogen and oxygen atoms in total. The Bertz CT molecular complexity index is 292. The molecule has 70 valence electrons. The molecule has 6 heteroatoms. The van der Waals surface area contributed by atoms with Crippen LogP contribution in [0.5, 0.6) is 5.75 Å². The fourth-order valence-corrected chi connectivity index (χ4v) is 0.867. The molecule has 0 aromatic heterocycles. The molecule has 0 aliphatic carbocycles. The molecule has 0 saturated heterocycles. The summed E-state index contributed by atoms with van der Waals surface area (Å²) in [6, 6.07) is 3.49. The second-order valence-corrected chi connectivity index (χ2v) is 2.36. The van der Waals surface area contributed by atoms with E-state index in [1.54, 1.807) is 0 Å². The van der Waals surface area contributed by atoms with Crippen molar-refractivity contribution in [1.29, 1.82) is 0 Å². The Morgan fingerprint density at radius 1 is 1.38 bits per heavy atom. The Morgan fingerprint density at radius 3 is 2.62 bits per heavy atom. The molecule has 0 amide bonds. The van der Waals surface area contributed by atoms with Crippen molar-refractivity contribution in [3.63, 3.8) is 0 Å². The number of rotatable bonds is 3. The summed E-state index contributed by atoms with van der Waals surface area (Å²) in [4.78, 5) is 0. The number of benzene rings is 1. The van der Waals surface area contributed by atoms with Gasteiger partial charge < -0.3 is 19.8 Å². The van der Waals surface area contributed by atoms with Crippen LogP contribution in [0.1, 0.15) is 5.56 Å². The van der Waals surface area contributed by atoms with Gasteiger partial charge in [-0.1, -0.05) is 0 Å². The van der Waals surface area contributed by atoms with E-state index in [0.717, 1.165) is 6.07 Å². The molecular formula is C7H8BFO4. The fourth-order valence-electron chi connectivity index (χ4n) is 0.867. The van der Waals surface area contributed by atoms with Gasteiger partial charge in [-0.2, -0.15) is 0 Å². The topological polar surface area (TPSA) is 69.9 Å². The van der Waals surface area contributed by atoms with Gasteiger partial charge in [0.1, 0.15) is 11.6 Å². The number of hydrogen-bond acceptors (Lipinski definition) is 4. The van der Waals surface area contributed by atoms with E-state index in [4.69, 9.17) is 15.2 Å². The summed E-state index contributed by atoms with van der Waals surface area (Å²) in [7, 11) is -1.95. The highest BCUT2D eigenvalue weighted by Gasteiger charge is 2.12. The van der Waals surface area contributed by atoms with Gasteiger partial charge in [0.25, 0.3) is 0 Å². The molecule has 0 unspecified atom stereocenters. The maximum atomic E-state index is 12.8. The lowest BCUT2D eigenvalue weighted by Gasteiger charge is -2.06. The molecule has 1 aromatic rings. The molecule has 3 N–H and O–H groups in total. The van der Waals surface area contributed by atoms with Crippen molar-refractivity contribution >= 4 is 7.32 Å². The molecule has 0 fully saturated rings. The van der Waals surface area contributed by atoms with E-state index in [9.17, 15) is 4.39 Å². The average molecular weight is 186 g/mol. The van der Waals surface area contributed by atoms with Crippen LogP contribution in [0.15, 0.2) is 18.2 Å². The van der Waals surface area contributed by atoms with Crippen LogP contribution in [-0.2, 0) is 6.61 Å². The summed E-state index contributed by atoms with van der Waals surface area (Å²) in [5.41, 5.74) is 0.0400. The zero-order valence-corrected chi connectivity index (χ0v) is 6.64. The zero-order chi connectivity index (χ0) is 9.84. The lowest BCUT2D eigenvalue weighted by atomic mass is 10.2. The van der Waals surface area contributed by atoms with Gasteiger partial charge >= 0.3 is 7.32 Å². The van der Waals surface area contributed by atoms with Crippen molar-refractivity contribution in [1.82, 2.24) is 0 Å². The van der Waals surface area contributed by atoms with Crippen molar-refractivity contribution in [2.24, 2.45) is 0 Å². The Labute approximate surface area is 74.4 Å². The lowest BCUT2D eigenvalue weighted by molar-refractivity contribution is 0.271. The number of aliphatic hydroxyl groups excluding tert-OH is 1. The predicted octanol–water partition coefficient (Wildman–Crippen LogP) is -0.334. The molecule has 0 heterocycles. The Morgan fingerprint density at radius 2 is 2.08 bits per heavy atom. The maximum absolute atomic E-state index is 12.8. The highest BCUT2D eigenvalue weighted by atomic mass is 19.1. The Kier molecular flexibility index (Phi) is 3.24. The summed E-state index contributed by atoms with van der Waals surface area (Å²) < 4.78 is 17.2.